The minimum atomic E-state index is -0.0730. The Morgan fingerprint density at radius 1 is 1.40 bits per heavy atom. The molecule has 2 rings (SSSR count). The number of hydrogen-bond acceptors (Lipinski definition) is 3. The van der Waals surface area contributed by atoms with E-state index in [0.29, 0.717) is 5.69 Å². The lowest BCUT2D eigenvalue weighted by atomic mass is 10.0. The molecule has 2 N–H and O–H groups in total. The van der Waals surface area contributed by atoms with E-state index in [4.69, 9.17) is 0 Å². The van der Waals surface area contributed by atoms with Crippen LogP contribution < -0.4 is 10.6 Å². The predicted octanol–water partition coefficient (Wildman–Crippen LogP) is 3.21. The maximum absolute atomic E-state index is 12.0. The van der Waals surface area contributed by atoms with Crippen LogP contribution in [0.25, 0.3) is 0 Å². The van der Waals surface area contributed by atoms with Crippen LogP contribution in [-0.4, -0.2) is 24.0 Å². The first-order valence-electron chi connectivity index (χ1n) is 7.77. The molecule has 0 bridgehead atoms. The molecule has 1 saturated carbocycles. The average molecular weight is 275 g/mol. The Labute approximate surface area is 121 Å². The van der Waals surface area contributed by atoms with Gasteiger partial charge in [0.15, 0.2) is 0 Å². The molecule has 1 aromatic rings. The zero-order chi connectivity index (χ0) is 14.2. The van der Waals surface area contributed by atoms with Gasteiger partial charge in [0, 0.05) is 25.0 Å². The van der Waals surface area contributed by atoms with E-state index in [1.54, 1.807) is 12.3 Å². The van der Waals surface area contributed by atoms with Crippen molar-refractivity contribution in [1.82, 2.24) is 10.3 Å². The number of pyridine rings is 1. The molecule has 1 heterocycles. The van der Waals surface area contributed by atoms with Crippen molar-refractivity contribution >= 4 is 11.6 Å². The molecule has 4 heteroatoms. The van der Waals surface area contributed by atoms with Gasteiger partial charge in [-0.25, -0.2) is 0 Å². The molecular weight excluding hydrogens is 250 g/mol. The summed E-state index contributed by atoms with van der Waals surface area (Å²) in [5.74, 6) is 0.818. The Hall–Kier alpha value is -1.58. The van der Waals surface area contributed by atoms with Gasteiger partial charge >= 0.3 is 0 Å². The van der Waals surface area contributed by atoms with E-state index in [1.165, 1.54) is 32.1 Å². The summed E-state index contributed by atoms with van der Waals surface area (Å²) in [5, 5.41) is 6.15. The fraction of sp³-hybridized carbons (Fsp3) is 0.625. The van der Waals surface area contributed by atoms with Crippen LogP contribution in [0, 0.1) is 5.92 Å². The number of anilines is 1. The van der Waals surface area contributed by atoms with Gasteiger partial charge in [0.05, 0.1) is 0 Å². The van der Waals surface area contributed by atoms with Gasteiger partial charge in [-0.05, 0) is 37.8 Å². The summed E-state index contributed by atoms with van der Waals surface area (Å²) in [6.45, 7) is 3.62. The molecule has 0 spiro atoms. The molecule has 0 aliphatic heterocycles. The maximum Gasteiger partial charge on any atom is 0.269 e. The number of aromatic nitrogens is 1. The van der Waals surface area contributed by atoms with E-state index < -0.39 is 0 Å². The number of amides is 1. The first kappa shape index (κ1) is 14.8. The quantitative estimate of drug-likeness (QED) is 0.751. The van der Waals surface area contributed by atoms with Gasteiger partial charge in [0.25, 0.3) is 5.91 Å². The number of nitrogens with zero attached hydrogens (tertiary/aromatic N) is 1. The minimum absolute atomic E-state index is 0.0730. The molecule has 1 aliphatic carbocycles. The van der Waals surface area contributed by atoms with Crippen LogP contribution in [0.3, 0.4) is 0 Å². The normalized spacial score (nSPS) is 15.2. The second kappa shape index (κ2) is 7.88. The van der Waals surface area contributed by atoms with Crippen molar-refractivity contribution in [2.75, 3.05) is 18.4 Å². The van der Waals surface area contributed by atoms with Crippen molar-refractivity contribution in [3.8, 4) is 0 Å². The van der Waals surface area contributed by atoms with Crippen LogP contribution in [0.5, 0.6) is 0 Å². The first-order chi connectivity index (χ1) is 9.79. The van der Waals surface area contributed by atoms with Gasteiger partial charge in [-0.15, -0.1) is 0 Å². The number of carbonyl (C=O) groups is 1. The van der Waals surface area contributed by atoms with Crippen molar-refractivity contribution in [2.45, 2.75) is 45.4 Å². The lowest BCUT2D eigenvalue weighted by Gasteiger charge is -2.09. The third-order valence-corrected chi connectivity index (χ3v) is 3.92. The van der Waals surface area contributed by atoms with Gasteiger partial charge in [-0.1, -0.05) is 25.7 Å². The topological polar surface area (TPSA) is 54.0 Å². The Balaban J connectivity index is 1.72. The first-order valence-corrected chi connectivity index (χ1v) is 7.77. The largest absolute Gasteiger partial charge is 0.385 e. The molecule has 1 aliphatic rings. The van der Waals surface area contributed by atoms with E-state index in [0.717, 1.165) is 31.1 Å². The highest BCUT2D eigenvalue weighted by molar-refractivity contribution is 5.93. The maximum atomic E-state index is 12.0. The van der Waals surface area contributed by atoms with Gasteiger partial charge in [-0.2, -0.15) is 0 Å². The molecule has 1 fully saturated rings. The number of nitrogens with one attached hydrogen (secondary N) is 2. The zero-order valence-corrected chi connectivity index (χ0v) is 12.3. The van der Waals surface area contributed by atoms with Crippen LogP contribution in [0.15, 0.2) is 18.3 Å². The van der Waals surface area contributed by atoms with Crippen molar-refractivity contribution in [1.29, 1.82) is 0 Å². The molecular formula is C16H25N3O. The standard InChI is InChI=1S/C16H25N3O/c1-2-17-14-9-11-18-15(12-14)16(20)19-10-5-8-13-6-3-4-7-13/h9,11-13H,2-8,10H2,1H3,(H,17,18)(H,19,20). The van der Waals surface area contributed by atoms with Crippen molar-refractivity contribution < 1.29 is 4.79 Å². The molecule has 0 saturated heterocycles. The third kappa shape index (κ3) is 4.51. The van der Waals surface area contributed by atoms with Gasteiger partial charge in [0.1, 0.15) is 5.69 Å². The Kier molecular flexibility index (Phi) is 5.84. The molecule has 1 aromatic heterocycles. The van der Waals surface area contributed by atoms with E-state index in [9.17, 15) is 4.79 Å². The second-order valence-electron chi connectivity index (χ2n) is 5.51. The highest BCUT2D eigenvalue weighted by atomic mass is 16.1. The van der Waals surface area contributed by atoms with Crippen LogP contribution in [0.2, 0.25) is 0 Å². The molecule has 0 radical (unpaired) electrons. The van der Waals surface area contributed by atoms with Crippen LogP contribution in [0.4, 0.5) is 5.69 Å². The summed E-state index contributed by atoms with van der Waals surface area (Å²) in [6.07, 6.45) is 9.51. The van der Waals surface area contributed by atoms with Crippen molar-refractivity contribution in [3.63, 3.8) is 0 Å². The lowest BCUT2D eigenvalue weighted by Crippen LogP contribution is -2.25. The smallest absolute Gasteiger partial charge is 0.269 e. The zero-order valence-electron chi connectivity index (χ0n) is 12.3. The second-order valence-corrected chi connectivity index (χ2v) is 5.51. The Morgan fingerprint density at radius 2 is 2.20 bits per heavy atom. The third-order valence-electron chi connectivity index (χ3n) is 3.92. The monoisotopic (exact) mass is 275 g/mol. The minimum Gasteiger partial charge on any atom is -0.385 e. The SMILES string of the molecule is CCNc1ccnc(C(=O)NCCCC2CCCC2)c1. The Bertz CT molecular complexity index is 427. The van der Waals surface area contributed by atoms with Crippen LogP contribution in [-0.2, 0) is 0 Å². The highest BCUT2D eigenvalue weighted by Gasteiger charge is 2.14. The van der Waals surface area contributed by atoms with Crippen molar-refractivity contribution in [3.05, 3.63) is 24.0 Å². The van der Waals surface area contributed by atoms with Crippen molar-refractivity contribution in [2.24, 2.45) is 5.92 Å². The van der Waals surface area contributed by atoms with E-state index in [-0.39, 0.29) is 5.91 Å². The van der Waals surface area contributed by atoms with Crippen LogP contribution >= 0.6 is 0 Å². The molecule has 1 amide bonds. The lowest BCUT2D eigenvalue weighted by molar-refractivity contribution is 0.0947. The van der Waals surface area contributed by atoms with E-state index in [1.807, 2.05) is 13.0 Å². The summed E-state index contributed by atoms with van der Waals surface area (Å²) < 4.78 is 0. The summed E-state index contributed by atoms with van der Waals surface area (Å²) in [4.78, 5) is 16.1. The van der Waals surface area contributed by atoms with Crippen LogP contribution in [0.1, 0.15) is 55.9 Å². The molecule has 0 aromatic carbocycles. The van der Waals surface area contributed by atoms with E-state index >= 15 is 0 Å². The summed E-state index contributed by atoms with van der Waals surface area (Å²) >= 11 is 0. The number of rotatable bonds is 7. The highest BCUT2D eigenvalue weighted by Crippen LogP contribution is 2.28. The van der Waals surface area contributed by atoms with Gasteiger partial charge < -0.3 is 10.6 Å². The predicted molar refractivity (Wildman–Crippen MR) is 81.9 cm³/mol. The fourth-order valence-corrected chi connectivity index (χ4v) is 2.85. The summed E-state index contributed by atoms with van der Waals surface area (Å²) in [7, 11) is 0. The van der Waals surface area contributed by atoms with Gasteiger partial charge in [-0.3, -0.25) is 9.78 Å². The summed E-state index contributed by atoms with van der Waals surface area (Å²) in [6, 6.07) is 3.68. The fourth-order valence-electron chi connectivity index (χ4n) is 2.85. The summed E-state index contributed by atoms with van der Waals surface area (Å²) in [5.41, 5.74) is 1.43. The van der Waals surface area contributed by atoms with E-state index in [2.05, 4.69) is 15.6 Å². The Morgan fingerprint density at radius 3 is 2.95 bits per heavy atom. The molecule has 0 unspecified atom stereocenters. The molecule has 4 nitrogen and oxygen atoms in total. The number of hydrogen-bond donors (Lipinski definition) is 2. The molecule has 110 valence electrons. The average Bonchev–Trinajstić information content (AvgIpc) is 2.97. The number of carbonyl (C=O) groups excluding carboxylic acids is 1. The molecule has 20 heavy (non-hydrogen) atoms. The van der Waals surface area contributed by atoms with Gasteiger partial charge in [0.2, 0.25) is 0 Å². The molecule has 0 atom stereocenters.